The number of amides is 1. The van der Waals surface area contributed by atoms with E-state index in [4.69, 9.17) is 9.84 Å². The maximum Gasteiger partial charge on any atom is 0.322 e. The minimum Gasteiger partial charge on any atom is -0.480 e. The minimum absolute atomic E-state index is 0.217. The molecule has 0 saturated carbocycles. The average molecular weight is 395 g/mol. The molecular weight excluding hydrogens is 370 g/mol. The Labute approximate surface area is 161 Å². The molecule has 28 heavy (non-hydrogen) atoms. The van der Waals surface area contributed by atoms with E-state index in [2.05, 4.69) is 5.32 Å². The molecule has 1 aliphatic carbocycles. The van der Waals surface area contributed by atoms with Crippen LogP contribution >= 0.6 is 0 Å². The highest BCUT2D eigenvalue weighted by Gasteiger charge is 2.56. The number of nitrogens with one attached hydrogen (secondary N) is 1. The van der Waals surface area contributed by atoms with Crippen LogP contribution in [0.5, 0.6) is 0 Å². The molecule has 6 N–H and O–H groups in total. The summed E-state index contributed by atoms with van der Waals surface area (Å²) in [5.74, 6) is -4.61. The molecule has 0 aromatic heterocycles. The molecule has 1 amide bonds. The van der Waals surface area contributed by atoms with Crippen LogP contribution in [0.3, 0.4) is 0 Å². The molecule has 9 heteroatoms. The third kappa shape index (κ3) is 3.63. The van der Waals surface area contributed by atoms with E-state index in [9.17, 15) is 30.0 Å². The Morgan fingerprint density at radius 1 is 1.25 bits per heavy atom. The van der Waals surface area contributed by atoms with Crippen molar-refractivity contribution in [1.29, 1.82) is 0 Å². The lowest BCUT2D eigenvalue weighted by atomic mass is 9.73. The number of carbonyl (C=O) groups is 2. The van der Waals surface area contributed by atoms with E-state index in [0.717, 1.165) is 5.56 Å². The molecule has 1 fully saturated rings. The maximum atomic E-state index is 12.2. The molecule has 1 heterocycles. The van der Waals surface area contributed by atoms with E-state index in [1.807, 2.05) is 0 Å². The predicted octanol–water partition coefficient (Wildman–Crippen LogP) is -0.889. The van der Waals surface area contributed by atoms with Gasteiger partial charge in [-0.05, 0) is 49.4 Å². The summed E-state index contributed by atoms with van der Waals surface area (Å²) in [4.78, 5) is 22.9. The maximum absolute atomic E-state index is 12.2. The van der Waals surface area contributed by atoms with Crippen LogP contribution in [0.25, 0.3) is 0 Å². The van der Waals surface area contributed by atoms with Crippen LogP contribution in [-0.2, 0) is 16.0 Å². The molecule has 154 valence electrons. The first kappa shape index (κ1) is 20.7. The normalized spacial score (nSPS) is 35.1. The van der Waals surface area contributed by atoms with Crippen molar-refractivity contribution in [3.63, 3.8) is 0 Å². The zero-order valence-electron chi connectivity index (χ0n) is 15.4. The highest BCUT2D eigenvalue weighted by molar-refractivity contribution is 5.96. The number of aliphatic hydroxyl groups is 4. The molecule has 6 atom stereocenters. The van der Waals surface area contributed by atoms with Crippen molar-refractivity contribution in [1.82, 2.24) is 5.32 Å². The zero-order valence-corrected chi connectivity index (χ0v) is 15.4. The Hall–Kier alpha value is -2.04. The molecule has 1 saturated heterocycles. The van der Waals surface area contributed by atoms with E-state index < -0.39 is 54.5 Å². The van der Waals surface area contributed by atoms with Gasteiger partial charge in [0.15, 0.2) is 0 Å². The summed E-state index contributed by atoms with van der Waals surface area (Å²) in [7, 11) is 0. The van der Waals surface area contributed by atoms with Gasteiger partial charge in [0.25, 0.3) is 5.91 Å². The summed E-state index contributed by atoms with van der Waals surface area (Å²) in [6, 6.07) is 4.85. The lowest BCUT2D eigenvalue weighted by Gasteiger charge is -2.49. The quantitative estimate of drug-likeness (QED) is 0.383. The summed E-state index contributed by atoms with van der Waals surface area (Å²) in [5, 5.41) is 52.7. The van der Waals surface area contributed by atoms with Gasteiger partial charge in [-0.3, -0.25) is 9.59 Å². The molecule has 3 rings (SSSR count). The van der Waals surface area contributed by atoms with Gasteiger partial charge >= 0.3 is 5.97 Å². The molecule has 2 aliphatic rings. The molecule has 1 unspecified atom stereocenters. The minimum atomic E-state index is -2.14. The zero-order chi connectivity index (χ0) is 20.6. The first-order chi connectivity index (χ1) is 13.1. The van der Waals surface area contributed by atoms with Crippen molar-refractivity contribution in [3.05, 3.63) is 34.9 Å². The monoisotopic (exact) mass is 395 g/mol. The number of fused-ring (bicyclic) bond motifs is 1. The predicted molar refractivity (Wildman–Crippen MR) is 95.6 cm³/mol. The standard InChI is InChI=1S/C19H25NO8/c1-9-15(23)16(24)17(25)19(27,28-9)13-4-2-3-10-5-6-11(7-12(10)13)18(26)20-8-14(21)22/h5-7,9,13,15-17,23-25,27H,2-4,8H2,1H3,(H,20,26)(H,21,22)/t9-,13?,15+,16+,17-,19+/m0/s1. The number of benzene rings is 1. The number of hydrogen-bond donors (Lipinski definition) is 6. The summed E-state index contributed by atoms with van der Waals surface area (Å²) in [6.07, 6.45) is -3.72. The molecule has 1 aromatic carbocycles. The molecule has 0 spiro atoms. The fourth-order valence-electron chi connectivity index (χ4n) is 4.06. The van der Waals surface area contributed by atoms with Crippen LogP contribution in [0, 0.1) is 0 Å². The van der Waals surface area contributed by atoms with E-state index in [-0.39, 0.29) is 5.56 Å². The van der Waals surface area contributed by atoms with Gasteiger partial charge in [-0.15, -0.1) is 0 Å². The van der Waals surface area contributed by atoms with Crippen molar-refractivity contribution in [2.24, 2.45) is 0 Å². The van der Waals surface area contributed by atoms with Crippen molar-refractivity contribution in [3.8, 4) is 0 Å². The van der Waals surface area contributed by atoms with Gasteiger partial charge < -0.3 is 35.6 Å². The van der Waals surface area contributed by atoms with Gasteiger partial charge in [-0.1, -0.05) is 6.07 Å². The second kappa shape index (κ2) is 7.76. The number of aryl methyl sites for hydroxylation is 1. The Kier molecular flexibility index (Phi) is 5.74. The number of rotatable bonds is 4. The van der Waals surface area contributed by atoms with Gasteiger partial charge in [0, 0.05) is 11.5 Å². The number of hydrogen-bond acceptors (Lipinski definition) is 7. The van der Waals surface area contributed by atoms with Gasteiger partial charge in [0.2, 0.25) is 5.79 Å². The van der Waals surface area contributed by atoms with E-state index in [1.165, 1.54) is 6.92 Å². The van der Waals surface area contributed by atoms with Crippen molar-refractivity contribution in [2.45, 2.75) is 62.3 Å². The van der Waals surface area contributed by atoms with Gasteiger partial charge in [-0.25, -0.2) is 0 Å². The topological polar surface area (TPSA) is 157 Å². The molecule has 1 aliphatic heterocycles. The Morgan fingerprint density at radius 2 is 1.96 bits per heavy atom. The summed E-state index contributed by atoms with van der Waals surface area (Å²) in [6.45, 7) is 0.969. The Balaban J connectivity index is 1.94. The fraction of sp³-hybridized carbons (Fsp3) is 0.579. The fourth-order valence-corrected chi connectivity index (χ4v) is 4.06. The van der Waals surface area contributed by atoms with Crippen molar-refractivity contribution in [2.75, 3.05) is 6.54 Å². The number of aliphatic carboxylic acids is 1. The Morgan fingerprint density at radius 3 is 2.64 bits per heavy atom. The van der Waals surface area contributed by atoms with Crippen LogP contribution < -0.4 is 5.32 Å². The number of carbonyl (C=O) groups excluding carboxylic acids is 1. The first-order valence-corrected chi connectivity index (χ1v) is 9.22. The second-order valence-corrected chi connectivity index (χ2v) is 7.44. The van der Waals surface area contributed by atoms with Crippen LogP contribution in [-0.4, -0.2) is 74.2 Å². The third-order valence-electron chi connectivity index (χ3n) is 5.57. The first-order valence-electron chi connectivity index (χ1n) is 9.22. The number of aliphatic hydroxyl groups excluding tert-OH is 3. The molecule has 0 bridgehead atoms. The molecule has 9 nitrogen and oxygen atoms in total. The third-order valence-corrected chi connectivity index (χ3v) is 5.57. The smallest absolute Gasteiger partial charge is 0.322 e. The number of ether oxygens (including phenoxy) is 1. The highest BCUT2D eigenvalue weighted by Crippen LogP contribution is 2.45. The van der Waals surface area contributed by atoms with E-state index in [1.54, 1.807) is 18.2 Å². The van der Waals surface area contributed by atoms with E-state index in [0.29, 0.717) is 24.8 Å². The summed E-state index contributed by atoms with van der Waals surface area (Å²) < 4.78 is 5.56. The van der Waals surface area contributed by atoms with Crippen LogP contribution in [0.4, 0.5) is 0 Å². The SMILES string of the molecule is C[C@@H]1O[C@](O)(C2CCCc3ccc(C(=O)NCC(=O)O)cc32)[C@@H](O)[C@H](O)[C@@H]1O. The van der Waals surface area contributed by atoms with Crippen LogP contribution in [0.1, 0.15) is 47.2 Å². The van der Waals surface area contributed by atoms with Crippen molar-refractivity contribution < 1.29 is 39.9 Å². The lowest BCUT2D eigenvalue weighted by Crippen LogP contribution is -2.66. The van der Waals surface area contributed by atoms with Gasteiger partial charge in [-0.2, -0.15) is 0 Å². The van der Waals surface area contributed by atoms with E-state index >= 15 is 0 Å². The molecule has 1 aromatic rings. The van der Waals surface area contributed by atoms with Crippen molar-refractivity contribution >= 4 is 11.9 Å². The summed E-state index contributed by atoms with van der Waals surface area (Å²) in [5.41, 5.74) is 1.67. The summed E-state index contributed by atoms with van der Waals surface area (Å²) >= 11 is 0. The number of carboxylic acids is 1. The molecular formula is C19H25NO8. The second-order valence-electron chi connectivity index (χ2n) is 7.44. The van der Waals surface area contributed by atoms with Gasteiger partial charge in [0.1, 0.15) is 24.9 Å². The lowest BCUT2D eigenvalue weighted by molar-refractivity contribution is -0.352. The Bertz CT molecular complexity index is 768. The largest absolute Gasteiger partial charge is 0.480 e. The number of carboxylic acid groups (broad SMARTS) is 1. The van der Waals surface area contributed by atoms with Gasteiger partial charge in [0.05, 0.1) is 6.10 Å². The average Bonchev–Trinajstić information content (AvgIpc) is 2.68. The van der Waals surface area contributed by atoms with Crippen LogP contribution in [0.15, 0.2) is 18.2 Å². The highest BCUT2D eigenvalue weighted by atomic mass is 16.7. The molecule has 0 radical (unpaired) electrons. The van der Waals surface area contributed by atoms with Crippen LogP contribution in [0.2, 0.25) is 0 Å².